The molecule has 0 saturated heterocycles. The van der Waals surface area contributed by atoms with Crippen molar-refractivity contribution in [1.29, 1.82) is 0 Å². The van der Waals surface area contributed by atoms with Crippen molar-refractivity contribution in [1.82, 2.24) is 0 Å². The minimum atomic E-state index is 0. The van der Waals surface area contributed by atoms with Crippen molar-refractivity contribution in [3.05, 3.63) is 145 Å². The van der Waals surface area contributed by atoms with Crippen molar-refractivity contribution >= 4 is 44.7 Å². The van der Waals surface area contributed by atoms with Crippen LogP contribution in [0.15, 0.2) is 109 Å². The largest absolute Gasteiger partial charge is 4.00 e. The van der Waals surface area contributed by atoms with Gasteiger partial charge in [0.1, 0.15) is 0 Å². The molecule has 0 N–H and O–H groups in total. The monoisotopic (exact) mass is 726 g/mol. The van der Waals surface area contributed by atoms with Gasteiger partial charge in [0.05, 0.1) is 0 Å². The summed E-state index contributed by atoms with van der Waals surface area (Å²) in [6, 6.07) is 39.5. The molecule has 0 heterocycles. The summed E-state index contributed by atoms with van der Waals surface area (Å²) in [5.41, 5.74) is 7.90. The van der Waals surface area contributed by atoms with E-state index in [-0.39, 0.29) is 46.1 Å². The second-order valence-electron chi connectivity index (χ2n) is 10.4. The summed E-state index contributed by atoms with van der Waals surface area (Å²) in [6.45, 7) is 0. The van der Waals surface area contributed by atoms with Gasteiger partial charge >= 0.3 is 25.8 Å². The third kappa shape index (κ3) is 5.18. The molecule has 6 aromatic rings. The van der Waals surface area contributed by atoms with E-state index in [4.69, 9.17) is 23.2 Å². The molecule has 1 aliphatic carbocycles. The Morgan fingerprint density at radius 3 is 1.35 bits per heavy atom. The van der Waals surface area contributed by atoms with Crippen molar-refractivity contribution < 1.29 is 25.8 Å². The van der Waals surface area contributed by atoms with Gasteiger partial charge in [-0.3, -0.25) is 0 Å². The van der Waals surface area contributed by atoms with Crippen LogP contribution in [0.3, 0.4) is 0 Å². The molecule has 0 unspecified atom stereocenters. The first-order valence-electron chi connectivity index (χ1n) is 13.0. The number of hydrogen-bond acceptors (Lipinski definition) is 0. The van der Waals surface area contributed by atoms with Gasteiger partial charge in [-0.25, -0.2) is 0 Å². The van der Waals surface area contributed by atoms with E-state index < -0.39 is 0 Å². The summed E-state index contributed by atoms with van der Waals surface area (Å²) in [5, 5.41) is 6.81. The van der Waals surface area contributed by atoms with E-state index in [1.165, 1.54) is 80.6 Å². The van der Waals surface area contributed by atoms with Crippen molar-refractivity contribution in [3.63, 3.8) is 0 Å². The third-order valence-electron chi connectivity index (χ3n) is 8.37. The topological polar surface area (TPSA) is 0 Å². The Balaban J connectivity index is 0.00000123. The predicted octanol–water partition coefficient (Wildman–Crippen LogP) is 11.8. The number of benzene rings is 4. The van der Waals surface area contributed by atoms with Gasteiger partial charge in [-0.05, 0) is 53.6 Å². The molecule has 1 saturated carbocycles. The molecule has 0 amide bonds. The van der Waals surface area contributed by atoms with E-state index in [1.54, 1.807) is 0 Å². The molecule has 0 aliphatic heterocycles. The molecule has 0 radical (unpaired) electrons. The Bertz CT molecular complexity index is 1600. The summed E-state index contributed by atoms with van der Waals surface area (Å²) in [5.74, 6) is 0. The molecule has 1 fully saturated rings. The van der Waals surface area contributed by atoms with Crippen LogP contribution in [0.4, 0.5) is 0 Å². The van der Waals surface area contributed by atoms with Gasteiger partial charge in [0.15, 0.2) is 0 Å². The van der Waals surface area contributed by atoms with Gasteiger partial charge in [0.25, 0.3) is 0 Å². The molecule has 198 valence electrons. The third-order valence-corrected chi connectivity index (χ3v) is 8.88. The summed E-state index contributed by atoms with van der Waals surface area (Å²) < 4.78 is 0. The zero-order valence-electron chi connectivity index (χ0n) is 23.0. The normalized spacial score (nSPS) is 13.9. The molecular formula is C37H32Cl2Hf. The van der Waals surface area contributed by atoms with E-state index in [1.807, 2.05) is 24.3 Å². The van der Waals surface area contributed by atoms with Crippen LogP contribution in [-0.2, 0) is 31.3 Å². The van der Waals surface area contributed by atoms with E-state index >= 15 is 0 Å². The predicted molar refractivity (Wildman–Crippen MR) is 172 cm³/mol. The summed E-state index contributed by atoms with van der Waals surface area (Å²) in [7, 11) is 0. The maximum Gasteiger partial charge on any atom is 4.00 e. The molecule has 0 spiro atoms. The average Bonchev–Trinajstić information content (AvgIpc) is 3.67. The number of halogens is 2. The first-order chi connectivity index (χ1) is 18.1. The molecule has 1 aliphatic rings. The van der Waals surface area contributed by atoms with E-state index in [9.17, 15) is 0 Å². The standard InChI is InChI=1S/C35H26Cl2.2CH3.Hf/c36-29-13-9-23(10-14-29)31-7-3-5-25-19-27(21-33(25)31)35(17-1-2-18-35)28-20-26-6-4-8-32(34(26)22-28)24-11-15-30(37)16-12-24;;;/h3-16,19-22H,1-2,17-18H2;2*1H3;/q-2;2*-1;+4. The molecule has 3 heteroatoms. The Labute approximate surface area is 267 Å². The van der Waals surface area contributed by atoms with E-state index in [0.29, 0.717) is 0 Å². The van der Waals surface area contributed by atoms with Crippen LogP contribution in [0.2, 0.25) is 10.0 Å². The van der Waals surface area contributed by atoms with Crippen LogP contribution in [0, 0.1) is 14.9 Å². The zero-order chi connectivity index (χ0) is 25.0. The van der Waals surface area contributed by atoms with Gasteiger partial charge in [0.2, 0.25) is 0 Å². The fourth-order valence-corrected chi connectivity index (χ4v) is 6.76. The molecular weight excluding hydrogens is 694 g/mol. The molecule has 6 aromatic carbocycles. The van der Waals surface area contributed by atoms with Gasteiger partial charge in [-0.15, -0.1) is 69.1 Å². The van der Waals surface area contributed by atoms with Crippen molar-refractivity contribution in [2.45, 2.75) is 31.1 Å². The van der Waals surface area contributed by atoms with Crippen LogP contribution < -0.4 is 0 Å². The number of rotatable bonds is 4. The number of fused-ring (bicyclic) bond motifs is 2. The van der Waals surface area contributed by atoms with Crippen LogP contribution in [0.5, 0.6) is 0 Å². The SMILES string of the molecule is Clc1ccc(-c2cccc3[cH-]c(C4(c5cc6c(-c7ccc(Cl)cc7)cccc6[cH-]5)CCCC4)cc23)cc1.[CH3-].[CH3-].[Hf+4]. The average molecular weight is 726 g/mol. The zero-order valence-corrected chi connectivity index (χ0v) is 28.1. The van der Waals surface area contributed by atoms with Crippen molar-refractivity contribution in [2.24, 2.45) is 0 Å². The Morgan fingerprint density at radius 2 is 0.950 bits per heavy atom. The van der Waals surface area contributed by atoms with Gasteiger partial charge in [0, 0.05) is 10.0 Å². The van der Waals surface area contributed by atoms with E-state index in [2.05, 4.69) is 84.9 Å². The van der Waals surface area contributed by atoms with Crippen molar-refractivity contribution in [3.8, 4) is 22.3 Å². The van der Waals surface area contributed by atoms with Crippen LogP contribution in [0.1, 0.15) is 36.8 Å². The van der Waals surface area contributed by atoms with Crippen LogP contribution >= 0.6 is 23.2 Å². The maximum atomic E-state index is 6.18. The van der Waals surface area contributed by atoms with Crippen molar-refractivity contribution in [2.75, 3.05) is 0 Å². The molecule has 0 bridgehead atoms. The summed E-state index contributed by atoms with van der Waals surface area (Å²) in [6.07, 6.45) is 4.90. The minimum absolute atomic E-state index is 0. The fourth-order valence-electron chi connectivity index (χ4n) is 6.51. The Hall–Kier alpha value is -2.45. The maximum absolute atomic E-state index is 6.18. The van der Waals surface area contributed by atoms with Gasteiger partial charge in [-0.2, -0.15) is 12.1 Å². The van der Waals surface area contributed by atoms with Gasteiger partial charge < -0.3 is 14.9 Å². The number of hydrogen-bond donors (Lipinski definition) is 0. The molecule has 7 rings (SSSR count). The second-order valence-corrected chi connectivity index (χ2v) is 11.3. The summed E-state index contributed by atoms with van der Waals surface area (Å²) in [4.78, 5) is 0. The van der Waals surface area contributed by atoms with Crippen LogP contribution in [0.25, 0.3) is 43.8 Å². The quantitative estimate of drug-likeness (QED) is 0.125. The fraction of sp³-hybridized carbons (Fsp3) is 0.135. The molecule has 0 atom stereocenters. The van der Waals surface area contributed by atoms with Gasteiger partial charge in [-0.1, -0.05) is 83.6 Å². The first kappa shape index (κ1) is 30.5. The first-order valence-corrected chi connectivity index (χ1v) is 13.8. The Kier molecular flexibility index (Phi) is 9.30. The second kappa shape index (κ2) is 12.2. The molecule has 40 heavy (non-hydrogen) atoms. The summed E-state index contributed by atoms with van der Waals surface area (Å²) >= 11 is 12.4. The Morgan fingerprint density at radius 1 is 0.550 bits per heavy atom. The smallest absolute Gasteiger partial charge is 0.358 e. The van der Waals surface area contributed by atoms with Crippen LogP contribution in [-0.4, -0.2) is 0 Å². The van der Waals surface area contributed by atoms with E-state index in [0.717, 1.165) is 10.0 Å². The molecule has 0 nitrogen and oxygen atoms in total. The molecule has 0 aromatic heterocycles. The minimum Gasteiger partial charge on any atom is -0.358 e.